The zero-order chi connectivity index (χ0) is 31.7. The molecule has 44 heavy (non-hydrogen) atoms. The Bertz CT molecular complexity index is 1800. The second-order valence-electron chi connectivity index (χ2n) is 14.4. The van der Waals surface area contributed by atoms with Gasteiger partial charge in [-0.2, -0.15) is 0 Å². The first kappa shape index (κ1) is 35.9. The summed E-state index contributed by atoms with van der Waals surface area (Å²) in [5.74, 6) is 0.161. The van der Waals surface area contributed by atoms with Crippen molar-refractivity contribution in [3.05, 3.63) is 89.8 Å². The van der Waals surface area contributed by atoms with Gasteiger partial charge in [-0.25, -0.2) is 0 Å². The number of nitrogens with zero attached hydrogens (tertiary/aromatic N) is 1. The fourth-order valence-corrected chi connectivity index (χ4v) is 7.77. The molecule has 0 aliphatic carbocycles. The van der Waals surface area contributed by atoms with Gasteiger partial charge in [0.05, 0.1) is 5.76 Å². The Morgan fingerprint density at radius 1 is 0.909 bits per heavy atom. The minimum absolute atomic E-state index is 0. The summed E-state index contributed by atoms with van der Waals surface area (Å²) >= 11 is 0.254. The number of fused-ring (bicyclic) bond motifs is 4. The summed E-state index contributed by atoms with van der Waals surface area (Å²) in [7, 11) is 0. The van der Waals surface area contributed by atoms with Crippen molar-refractivity contribution in [1.29, 1.82) is 0 Å². The zero-order valence-corrected chi connectivity index (χ0v) is 31.9. The molecule has 0 amide bonds. The van der Waals surface area contributed by atoms with E-state index < -0.39 is 0 Å². The van der Waals surface area contributed by atoms with Crippen LogP contribution >= 0.6 is 0 Å². The van der Waals surface area contributed by atoms with Crippen molar-refractivity contribution < 1.29 is 30.0 Å². The van der Waals surface area contributed by atoms with Crippen LogP contribution in [0.4, 0.5) is 0 Å². The largest absolute Gasteiger partial charge is 0.512 e. The molecule has 1 radical (unpaired) electrons. The van der Waals surface area contributed by atoms with Gasteiger partial charge in [0.2, 0.25) is 0 Å². The van der Waals surface area contributed by atoms with Crippen molar-refractivity contribution in [2.45, 2.75) is 81.1 Å². The number of aliphatic hydroxyl groups excluding tert-OH is 1. The van der Waals surface area contributed by atoms with E-state index in [1.54, 1.807) is 0 Å². The molecule has 0 bridgehead atoms. The number of aromatic nitrogens is 1. The molecule has 2 aromatic heterocycles. The van der Waals surface area contributed by atoms with Crippen molar-refractivity contribution >= 4 is 50.4 Å². The molecule has 3 nitrogen and oxygen atoms in total. The van der Waals surface area contributed by atoms with Crippen molar-refractivity contribution in [3.8, 4) is 11.3 Å². The third-order valence-electron chi connectivity index (χ3n) is 7.48. The molecule has 235 valence electrons. The summed E-state index contributed by atoms with van der Waals surface area (Å²) < 4.78 is 2.88. The van der Waals surface area contributed by atoms with Gasteiger partial charge in [0, 0.05) is 38.0 Å². The third-order valence-corrected chi connectivity index (χ3v) is 9.94. The molecular weight excluding hydrogens is 786 g/mol. The second-order valence-corrected chi connectivity index (χ2v) is 16.6. The summed E-state index contributed by atoms with van der Waals surface area (Å²) in [6.45, 7) is 21.1. The first-order chi connectivity index (χ1) is 20.0. The van der Waals surface area contributed by atoms with E-state index in [9.17, 15) is 9.90 Å². The number of allylic oxidation sites excluding steroid dienone is 2. The van der Waals surface area contributed by atoms with Crippen LogP contribution in [0.25, 0.3) is 41.3 Å². The Hall–Kier alpha value is -2.55. The average molecular weight is 832 g/mol. The maximum atomic E-state index is 11.0. The first-order valence-corrected chi connectivity index (χ1v) is 17.0. The van der Waals surface area contributed by atoms with Crippen molar-refractivity contribution in [2.75, 3.05) is 0 Å². The van der Waals surface area contributed by atoms with Crippen LogP contribution in [0.15, 0.2) is 72.6 Å². The number of hydrogen-bond donors (Lipinski definition) is 1. The van der Waals surface area contributed by atoms with Gasteiger partial charge in [-0.3, -0.25) is 4.79 Å². The van der Waals surface area contributed by atoms with E-state index in [4.69, 9.17) is 4.98 Å². The molecule has 2 heterocycles. The summed E-state index contributed by atoms with van der Waals surface area (Å²) in [5, 5.41) is 14.4. The molecule has 0 aliphatic rings. The molecule has 3 aromatic carbocycles. The molecule has 1 N–H and O–H groups in total. The van der Waals surface area contributed by atoms with Crippen LogP contribution < -0.4 is 0 Å². The van der Waals surface area contributed by atoms with Gasteiger partial charge >= 0.3 is 198 Å². The first-order valence-electron chi connectivity index (χ1n) is 15.3. The van der Waals surface area contributed by atoms with Crippen molar-refractivity contribution in [3.63, 3.8) is 0 Å². The van der Waals surface area contributed by atoms with Crippen molar-refractivity contribution in [2.24, 2.45) is 17.3 Å². The van der Waals surface area contributed by atoms with Crippen LogP contribution in [-0.4, -0.2) is 30.4 Å². The van der Waals surface area contributed by atoms with Gasteiger partial charge in [0.25, 0.3) is 0 Å². The quantitative estimate of drug-likeness (QED) is 0.0831. The molecule has 0 unspecified atom stereocenters. The fourth-order valence-electron chi connectivity index (χ4n) is 5.12. The molecule has 0 saturated heterocycles. The summed E-state index contributed by atoms with van der Waals surface area (Å²) in [6, 6.07) is 23.9. The van der Waals surface area contributed by atoms with E-state index in [1.807, 2.05) is 33.9 Å². The van der Waals surface area contributed by atoms with Gasteiger partial charge in [-0.05, 0) is 0 Å². The maximum absolute atomic E-state index is 11.0. The van der Waals surface area contributed by atoms with Gasteiger partial charge in [0.1, 0.15) is 0 Å². The SMILES string of the molecule is CC(C)(C)Cc1ccc2c(c1)[se]c1c(-c3[c-]c4ccccc4c(C(C)(C)C)c3)nccc12.CC(C)C(=O)/C=C(\O)C(C)C.[Ir]. The molecule has 5 aromatic rings. The van der Waals surface area contributed by atoms with E-state index in [0.717, 1.165) is 17.7 Å². The predicted octanol–water partition coefficient (Wildman–Crippen LogP) is 10.3. The Balaban J connectivity index is 0.000000380. The van der Waals surface area contributed by atoms with E-state index >= 15 is 0 Å². The predicted molar refractivity (Wildman–Crippen MR) is 185 cm³/mol. The molecular formula is C39H46IrNO2Se-. The normalized spacial score (nSPS) is 12.5. The maximum Gasteiger partial charge on any atom is 0.161 e. The average Bonchev–Trinajstić information content (AvgIpc) is 3.29. The summed E-state index contributed by atoms with van der Waals surface area (Å²) in [4.78, 5) is 15.9. The number of benzene rings is 3. The Morgan fingerprint density at radius 3 is 2.20 bits per heavy atom. The molecule has 0 saturated carbocycles. The van der Waals surface area contributed by atoms with Crippen LogP contribution in [0.2, 0.25) is 0 Å². The molecule has 0 spiro atoms. The molecule has 0 aliphatic heterocycles. The Kier molecular flexibility index (Phi) is 11.6. The number of carbonyl (C=O) groups excluding carboxylic acids is 1. The van der Waals surface area contributed by atoms with Crippen LogP contribution in [0.5, 0.6) is 0 Å². The zero-order valence-electron chi connectivity index (χ0n) is 27.8. The van der Waals surface area contributed by atoms with Crippen LogP contribution in [0, 0.1) is 23.3 Å². The standard InChI is InChI=1S/C30H30NSe.C9H16O2.Ir/c1-29(2,3)18-19-11-12-23-24-13-14-31-27(28(24)32-26(23)15-19)21-16-20-9-7-8-10-22(20)25(17-21)30(4,5)6;1-6(2)8(10)5-9(11)7(3)4;/h7-15,17H,18H2,1-6H3;5-7,10H,1-4H3;/q-1;;/b;8-5-;. The van der Waals surface area contributed by atoms with Gasteiger partial charge < -0.3 is 5.11 Å². The van der Waals surface area contributed by atoms with Gasteiger partial charge in [0.15, 0.2) is 5.78 Å². The van der Waals surface area contributed by atoms with E-state index in [1.165, 1.54) is 47.3 Å². The minimum atomic E-state index is -0.0316. The van der Waals surface area contributed by atoms with Crippen molar-refractivity contribution in [1.82, 2.24) is 4.98 Å². The van der Waals surface area contributed by atoms with E-state index in [0.29, 0.717) is 5.41 Å². The number of hydrogen-bond acceptors (Lipinski definition) is 3. The van der Waals surface area contributed by atoms with E-state index in [2.05, 4.69) is 102 Å². The number of aliphatic hydroxyl groups is 1. The third kappa shape index (κ3) is 8.58. The Morgan fingerprint density at radius 2 is 1.59 bits per heavy atom. The molecule has 5 rings (SSSR count). The van der Waals surface area contributed by atoms with Gasteiger partial charge in [-0.1, -0.05) is 27.7 Å². The number of pyridine rings is 1. The summed E-state index contributed by atoms with van der Waals surface area (Å²) in [5.41, 5.74) is 5.37. The monoisotopic (exact) mass is 833 g/mol. The molecule has 0 fully saturated rings. The summed E-state index contributed by atoms with van der Waals surface area (Å²) in [6.07, 6.45) is 4.39. The van der Waals surface area contributed by atoms with Crippen LogP contribution in [-0.2, 0) is 36.7 Å². The van der Waals surface area contributed by atoms with Crippen LogP contribution in [0.3, 0.4) is 0 Å². The second kappa shape index (κ2) is 14.3. The number of rotatable bonds is 5. The minimum Gasteiger partial charge on any atom is -0.512 e. The van der Waals surface area contributed by atoms with E-state index in [-0.39, 0.29) is 63.4 Å². The molecule has 0 atom stereocenters. The topological polar surface area (TPSA) is 50.2 Å². The van der Waals surface area contributed by atoms with Crippen LogP contribution in [0.1, 0.15) is 80.4 Å². The Labute approximate surface area is 283 Å². The number of carbonyl (C=O) groups is 1. The number of ketones is 1. The van der Waals surface area contributed by atoms with Gasteiger partial charge in [-0.15, -0.1) is 0 Å². The smallest absolute Gasteiger partial charge is 0.161 e. The fraction of sp³-hybridized carbons (Fsp3) is 0.385. The molecule has 5 heteroatoms.